The minimum atomic E-state index is -0.599. The number of nitrogens with one attached hydrogen (secondary N) is 1. The van der Waals surface area contributed by atoms with Gasteiger partial charge in [0.1, 0.15) is 6.67 Å². The number of aliphatic hydroxyl groups excluding tert-OH is 1. The number of halogens is 1. The Morgan fingerprint density at radius 1 is 1.22 bits per heavy atom. The van der Waals surface area contributed by atoms with E-state index in [9.17, 15) is 14.3 Å². The molecule has 0 bridgehead atoms. The molecule has 7 heteroatoms. The lowest BCUT2D eigenvalue weighted by atomic mass is 9.47. The Labute approximate surface area is 217 Å². The molecule has 4 rings (SSSR count). The van der Waals surface area contributed by atoms with Crippen molar-refractivity contribution in [3.05, 3.63) is 11.6 Å². The fraction of sp³-hybridized carbons (Fsp3) is 0.862. The van der Waals surface area contributed by atoms with Crippen LogP contribution in [0, 0.1) is 34.5 Å². The van der Waals surface area contributed by atoms with E-state index in [4.69, 9.17) is 4.84 Å². The highest BCUT2D eigenvalue weighted by Crippen LogP contribution is 2.66. The van der Waals surface area contributed by atoms with Crippen LogP contribution in [-0.4, -0.2) is 60.3 Å². The van der Waals surface area contributed by atoms with Crippen LogP contribution in [0.3, 0.4) is 0 Å². The highest BCUT2D eigenvalue weighted by molar-refractivity contribution is 5.85. The van der Waals surface area contributed by atoms with Crippen molar-refractivity contribution in [1.82, 2.24) is 10.2 Å². The summed E-state index contributed by atoms with van der Waals surface area (Å²) in [5.74, 6) is 2.33. The topological polar surface area (TPSA) is 74.2 Å². The summed E-state index contributed by atoms with van der Waals surface area (Å²) in [5.41, 5.74) is 2.81. The zero-order valence-corrected chi connectivity index (χ0v) is 23.1. The van der Waals surface area contributed by atoms with Crippen LogP contribution >= 0.6 is 0 Å². The molecule has 0 aliphatic heterocycles. The van der Waals surface area contributed by atoms with Crippen molar-refractivity contribution in [1.29, 1.82) is 0 Å². The number of nitrogens with zero attached hydrogens (tertiary/aromatic N) is 2. The van der Waals surface area contributed by atoms with Crippen LogP contribution in [0.15, 0.2) is 16.8 Å². The Morgan fingerprint density at radius 3 is 2.72 bits per heavy atom. The number of carbonyl (C=O) groups excluding carboxylic acids is 1. The Balaban J connectivity index is 1.42. The van der Waals surface area contributed by atoms with Crippen LogP contribution in [0.2, 0.25) is 0 Å². The molecule has 4 aliphatic carbocycles. The molecule has 0 unspecified atom stereocenters. The molecule has 0 heterocycles. The summed E-state index contributed by atoms with van der Waals surface area (Å²) in [4.78, 5) is 19.4. The number of alkyl halides is 1. The zero-order chi connectivity index (χ0) is 26.1. The van der Waals surface area contributed by atoms with E-state index in [1.165, 1.54) is 29.7 Å². The average molecular weight is 506 g/mol. The SMILES string of the molecule is C/C(=N\OC(=O)N(CCF)CCNC(C)C)[C@H]1CC[C@H]2[C@@H]3CC=C4C[C@@H](O)CC[C@]4(C)[C@H]3CC[C@]12C. The van der Waals surface area contributed by atoms with Gasteiger partial charge in [0.15, 0.2) is 0 Å². The van der Waals surface area contributed by atoms with Gasteiger partial charge in [-0.25, -0.2) is 9.18 Å². The maximum absolute atomic E-state index is 13.0. The van der Waals surface area contributed by atoms with Gasteiger partial charge < -0.3 is 15.3 Å². The summed E-state index contributed by atoms with van der Waals surface area (Å²) in [6.45, 7) is 11.4. The normalized spacial score (nSPS) is 38.2. The number of oxime groups is 1. The fourth-order valence-electron chi connectivity index (χ4n) is 8.44. The number of allylic oxidation sites excluding steroid dienone is 1. The standard InChI is InChI=1S/C29H48FN3O3/c1-19(2)31-15-17-33(16-14-30)27(35)36-32-20(3)24-8-9-25-23-7-6-21-18-22(34)10-12-28(21,4)26(23)11-13-29(24,25)5/h6,19,22-26,31,34H,7-18H2,1-5H3/b32-20+/t22-,23-,24+,25-,26-,28-,29+/m0/s1. The van der Waals surface area contributed by atoms with E-state index in [1.807, 2.05) is 20.8 Å². The van der Waals surface area contributed by atoms with E-state index in [0.29, 0.717) is 42.8 Å². The lowest BCUT2D eigenvalue weighted by Gasteiger charge is -2.58. The smallest absolute Gasteiger partial charge is 0.393 e. The monoisotopic (exact) mass is 505 g/mol. The largest absolute Gasteiger partial charge is 0.436 e. The average Bonchev–Trinajstić information content (AvgIpc) is 3.19. The van der Waals surface area contributed by atoms with Gasteiger partial charge in [-0.3, -0.25) is 4.84 Å². The minimum Gasteiger partial charge on any atom is -0.393 e. The van der Waals surface area contributed by atoms with Crippen LogP contribution in [0.25, 0.3) is 0 Å². The van der Waals surface area contributed by atoms with Crippen molar-refractivity contribution in [3.63, 3.8) is 0 Å². The molecular weight excluding hydrogens is 457 g/mol. The van der Waals surface area contributed by atoms with Crippen molar-refractivity contribution < 1.29 is 19.1 Å². The summed E-state index contributed by atoms with van der Waals surface area (Å²) < 4.78 is 13.0. The Bertz CT molecular complexity index is 861. The van der Waals surface area contributed by atoms with Gasteiger partial charge in [-0.05, 0) is 86.9 Å². The van der Waals surface area contributed by atoms with Crippen molar-refractivity contribution in [3.8, 4) is 0 Å². The van der Waals surface area contributed by atoms with E-state index < -0.39 is 12.8 Å². The van der Waals surface area contributed by atoms with Gasteiger partial charge in [0, 0.05) is 25.0 Å². The molecule has 4 aliphatic rings. The lowest BCUT2D eigenvalue weighted by Crippen LogP contribution is -2.50. The number of fused-ring (bicyclic) bond motifs is 5. The number of rotatable bonds is 8. The van der Waals surface area contributed by atoms with Crippen molar-refractivity contribution in [2.45, 2.75) is 98.1 Å². The number of carbonyl (C=O) groups is 1. The van der Waals surface area contributed by atoms with Gasteiger partial charge in [-0.1, -0.05) is 44.5 Å². The predicted molar refractivity (Wildman–Crippen MR) is 141 cm³/mol. The van der Waals surface area contributed by atoms with Crippen LogP contribution < -0.4 is 5.32 Å². The molecule has 3 fully saturated rings. The van der Waals surface area contributed by atoms with Crippen molar-refractivity contribution >= 4 is 11.8 Å². The first-order chi connectivity index (χ1) is 17.1. The van der Waals surface area contributed by atoms with Crippen LogP contribution in [0.4, 0.5) is 9.18 Å². The third-order valence-electron chi connectivity index (χ3n) is 10.4. The molecule has 6 nitrogen and oxygen atoms in total. The summed E-state index contributed by atoms with van der Waals surface area (Å²) in [6, 6.07) is 0.304. The molecule has 0 aromatic carbocycles. The first-order valence-electron chi connectivity index (χ1n) is 14.3. The molecule has 3 saturated carbocycles. The van der Waals surface area contributed by atoms with Gasteiger partial charge in [0.25, 0.3) is 0 Å². The maximum atomic E-state index is 13.0. The molecule has 0 aromatic heterocycles. The second-order valence-corrected chi connectivity index (χ2v) is 12.7. The third kappa shape index (κ3) is 5.24. The van der Waals surface area contributed by atoms with E-state index in [-0.39, 0.29) is 23.5 Å². The molecule has 0 saturated heterocycles. The molecule has 0 spiro atoms. The van der Waals surface area contributed by atoms with E-state index in [2.05, 4.69) is 30.4 Å². The molecule has 204 valence electrons. The molecule has 1 amide bonds. The van der Waals surface area contributed by atoms with Crippen LogP contribution in [0.1, 0.15) is 86.0 Å². The number of aliphatic hydroxyl groups is 1. The quantitative estimate of drug-likeness (QED) is 0.192. The van der Waals surface area contributed by atoms with Gasteiger partial charge in [-0.2, -0.15) is 0 Å². The number of amides is 1. The zero-order valence-electron chi connectivity index (χ0n) is 23.1. The molecular formula is C29H48FN3O3. The number of hydrogen-bond donors (Lipinski definition) is 2. The van der Waals surface area contributed by atoms with Gasteiger partial charge in [-0.15, -0.1) is 0 Å². The summed E-state index contributed by atoms with van der Waals surface area (Å²) in [7, 11) is 0. The first kappa shape index (κ1) is 27.6. The lowest BCUT2D eigenvalue weighted by molar-refractivity contribution is -0.0426. The molecule has 0 radical (unpaired) electrons. The predicted octanol–water partition coefficient (Wildman–Crippen LogP) is 5.71. The fourth-order valence-corrected chi connectivity index (χ4v) is 8.44. The second kappa shape index (κ2) is 11.1. The van der Waals surface area contributed by atoms with E-state index >= 15 is 0 Å². The summed E-state index contributed by atoms with van der Waals surface area (Å²) in [5, 5.41) is 17.8. The summed E-state index contributed by atoms with van der Waals surface area (Å²) in [6.07, 6.45) is 10.4. The second-order valence-electron chi connectivity index (χ2n) is 12.7. The molecule has 0 aromatic rings. The van der Waals surface area contributed by atoms with E-state index in [0.717, 1.165) is 37.8 Å². The minimum absolute atomic E-state index is 0.0186. The maximum Gasteiger partial charge on any atom is 0.436 e. The van der Waals surface area contributed by atoms with Crippen molar-refractivity contribution in [2.75, 3.05) is 26.3 Å². The molecule has 7 atom stereocenters. The highest BCUT2D eigenvalue weighted by atomic mass is 19.1. The first-order valence-corrected chi connectivity index (χ1v) is 14.3. The number of hydrogen-bond acceptors (Lipinski definition) is 5. The Hall–Kier alpha value is -1.47. The Kier molecular flexibility index (Phi) is 8.50. The van der Waals surface area contributed by atoms with Crippen LogP contribution in [-0.2, 0) is 4.84 Å². The van der Waals surface area contributed by atoms with E-state index in [1.54, 1.807) is 0 Å². The van der Waals surface area contributed by atoms with Gasteiger partial charge in [0.05, 0.1) is 18.4 Å². The summed E-state index contributed by atoms with van der Waals surface area (Å²) >= 11 is 0. The van der Waals surface area contributed by atoms with Gasteiger partial charge >= 0.3 is 6.09 Å². The van der Waals surface area contributed by atoms with Crippen LogP contribution in [0.5, 0.6) is 0 Å². The third-order valence-corrected chi connectivity index (χ3v) is 10.4. The molecule has 36 heavy (non-hydrogen) atoms. The molecule has 2 N–H and O–H groups in total. The highest BCUT2D eigenvalue weighted by Gasteiger charge is 2.59. The Morgan fingerprint density at radius 2 is 2.00 bits per heavy atom. The van der Waals surface area contributed by atoms with Gasteiger partial charge in [0.2, 0.25) is 0 Å². The van der Waals surface area contributed by atoms with Crippen molar-refractivity contribution in [2.24, 2.45) is 39.7 Å².